The third-order valence-corrected chi connectivity index (χ3v) is 3.51. The standard InChI is InChI=1S/C18H21N3O6/c1-18(2,21-17(24)27-10-11-8-6-5-7-9-11)16-19-12(15(23)26-4)13(22)14(20-16)25-3/h5-9,22H,10H2,1-4H3,(H,21,24)/i3D3. The van der Waals surface area contributed by atoms with Crippen molar-refractivity contribution in [3.63, 3.8) is 0 Å². The molecule has 1 heterocycles. The first kappa shape index (κ1) is 15.9. The fourth-order valence-corrected chi connectivity index (χ4v) is 2.09. The van der Waals surface area contributed by atoms with E-state index in [1.807, 2.05) is 6.07 Å². The number of nitrogens with one attached hydrogen (secondary N) is 1. The van der Waals surface area contributed by atoms with Crippen LogP contribution in [-0.4, -0.2) is 41.3 Å². The Morgan fingerprint density at radius 3 is 2.59 bits per heavy atom. The van der Waals surface area contributed by atoms with Crippen LogP contribution in [0.3, 0.4) is 0 Å². The number of methoxy groups -OCH3 is 2. The molecule has 1 amide bonds. The normalized spacial score (nSPS) is 12.9. The van der Waals surface area contributed by atoms with Crippen LogP contribution in [0.15, 0.2) is 30.3 Å². The summed E-state index contributed by atoms with van der Waals surface area (Å²) in [6, 6.07) is 8.98. The summed E-state index contributed by atoms with van der Waals surface area (Å²) in [6.07, 6.45) is -0.807. The number of ether oxygens (including phenoxy) is 3. The van der Waals surface area contributed by atoms with E-state index in [1.54, 1.807) is 24.3 Å². The van der Waals surface area contributed by atoms with Gasteiger partial charge in [0.1, 0.15) is 6.61 Å². The van der Waals surface area contributed by atoms with Crippen molar-refractivity contribution in [3.8, 4) is 11.6 Å². The summed E-state index contributed by atoms with van der Waals surface area (Å²) in [4.78, 5) is 31.9. The highest BCUT2D eigenvalue weighted by Gasteiger charge is 2.31. The van der Waals surface area contributed by atoms with Crippen molar-refractivity contribution in [1.29, 1.82) is 0 Å². The van der Waals surface area contributed by atoms with Crippen LogP contribution in [-0.2, 0) is 21.6 Å². The maximum atomic E-state index is 12.2. The lowest BCUT2D eigenvalue weighted by Gasteiger charge is -2.25. The summed E-state index contributed by atoms with van der Waals surface area (Å²) in [5.41, 5.74) is -1.18. The molecule has 0 fully saturated rings. The second kappa shape index (κ2) is 8.35. The third-order valence-electron chi connectivity index (χ3n) is 3.51. The Kier molecular flexibility index (Phi) is 4.90. The van der Waals surface area contributed by atoms with E-state index < -0.39 is 42.0 Å². The molecule has 0 atom stereocenters. The molecular weight excluding hydrogens is 354 g/mol. The number of nitrogens with zero attached hydrogens (tertiary/aromatic N) is 2. The Hall–Kier alpha value is -3.36. The molecule has 0 bridgehead atoms. The molecule has 0 saturated heterocycles. The monoisotopic (exact) mass is 378 g/mol. The summed E-state index contributed by atoms with van der Waals surface area (Å²) >= 11 is 0. The number of alkyl carbamates (subject to hydrolysis) is 1. The third kappa shape index (κ3) is 4.84. The SMILES string of the molecule is [2H]C([2H])([2H])Oc1nc(C(C)(C)NC(=O)OCc2ccccc2)nc(C(=O)OC)c1O. The lowest BCUT2D eigenvalue weighted by molar-refractivity contribution is 0.0588. The Morgan fingerprint density at radius 2 is 1.96 bits per heavy atom. The minimum absolute atomic E-state index is 0.0139. The van der Waals surface area contributed by atoms with Crippen LogP contribution in [0.5, 0.6) is 11.6 Å². The molecule has 9 nitrogen and oxygen atoms in total. The zero-order valence-electron chi connectivity index (χ0n) is 18.0. The number of aromatic nitrogens is 2. The van der Waals surface area contributed by atoms with Gasteiger partial charge in [-0.05, 0) is 19.4 Å². The van der Waals surface area contributed by atoms with E-state index in [1.165, 1.54) is 13.8 Å². The van der Waals surface area contributed by atoms with Gasteiger partial charge in [0.2, 0.25) is 5.75 Å². The molecule has 0 radical (unpaired) electrons. The molecule has 2 N–H and O–H groups in total. The lowest BCUT2D eigenvalue weighted by atomic mass is 10.0. The first-order valence-corrected chi connectivity index (χ1v) is 7.80. The summed E-state index contributed by atoms with van der Waals surface area (Å²) in [6.45, 7) is 2.99. The van der Waals surface area contributed by atoms with Crippen LogP contribution in [0.25, 0.3) is 0 Å². The molecule has 2 aromatic rings. The zero-order valence-corrected chi connectivity index (χ0v) is 15.0. The molecule has 2 rings (SSSR count). The fourth-order valence-electron chi connectivity index (χ4n) is 2.09. The van der Waals surface area contributed by atoms with Crippen LogP contribution in [0.4, 0.5) is 4.79 Å². The van der Waals surface area contributed by atoms with Gasteiger partial charge in [-0.1, -0.05) is 30.3 Å². The van der Waals surface area contributed by atoms with Crippen molar-refractivity contribution in [2.24, 2.45) is 0 Å². The van der Waals surface area contributed by atoms with Crippen LogP contribution in [0.2, 0.25) is 0 Å². The van der Waals surface area contributed by atoms with Gasteiger partial charge >= 0.3 is 12.1 Å². The van der Waals surface area contributed by atoms with Gasteiger partial charge in [0, 0.05) is 0 Å². The lowest BCUT2D eigenvalue weighted by Crippen LogP contribution is -2.42. The van der Waals surface area contributed by atoms with Crippen molar-refractivity contribution in [2.75, 3.05) is 14.1 Å². The quantitative estimate of drug-likeness (QED) is 0.734. The number of amides is 1. The van der Waals surface area contributed by atoms with Crippen LogP contribution in [0.1, 0.15) is 39.8 Å². The van der Waals surface area contributed by atoms with E-state index in [4.69, 9.17) is 8.85 Å². The number of rotatable bonds is 6. The van der Waals surface area contributed by atoms with Crippen molar-refractivity contribution in [1.82, 2.24) is 15.3 Å². The Labute approximate surface area is 160 Å². The molecular formula is C18H21N3O6. The number of hydrogen-bond acceptors (Lipinski definition) is 8. The van der Waals surface area contributed by atoms with Gasteiger partial charge in [-0.25, -0.2) is 14.6 Å². The van der Waals surface area contributed by atoms with Gasteiger partial charge < -0.3 is 24.6 Å². The average Bonchev–Trinajstić information content (AvgIpc) is 2.66. The maximum Gasteiger partial charge on any atom is 0.408 e. The van der Waals surface area contributed by atoms with E-state index in [0.29, 0.717) is 0 Å². The van der Waals surface area contributed by atoms with Gasteiger partial charge in [0.25, 0.3) is 5.88 Å². The highest BCUT2D eigenvalue weighted by atomic mass is 16.5. The number of hydrogen-bond donors (Lipinski definition) is 2. The number of carbonyl (C=O) groups is 2. The number of aromatic hydroxyl groups is 1. The van der Waals surface area contributed by atoms with Gasteiger partial charge in [0.05, 0.1) is 23.8 Å². The molecule has 0 aliphatic carbocycles. The summed E-state index contributed by atoms with van der Waals surface area (Å²) in [5.74, 6) is -2.91. The molecule has 0 unspecified atom stereocenters. The maximum absolute atomic E-state index is 12.2. The summed E-state index contributed by atoms with van der Waals surface area (Å²) in [7, 11) is -1.90. The first-order valence-electron chi connectivity index (χ1n) is 9.30. The average molecular weight is 378 g/mol. The highest BCUT2D eigenvalue weighted by molar-refractivity contribution is 5.90. The van der Waals surface area contributed by atoms with E-state index >= 15 is 0 Å². The molecule has 1 aromatic heterocycles. The van der Waals surface area contributed by atoms with Crippen molar-refractivity contribution < 1.29 is 33.0 Å². The first-order chi connectivity index (χ1) is 13.9. The van der Waals surface area contributed by atoms with E-state index in [9.17, 15) is 14.7 Å². The van der Waals surface area contributed by atoms with Crippen LogP contribution in [0, 0.1) is 0 Å². The Balaban J connectivity index is 2.28. The highest BCUT2D eigenvalue weighted by Crippen LogP contribution is 2.30. The molecule has 144 valence electrons. The van der Waals surface area contributed by atoms with Crippen LogP contribution < -0.4 is 10.1 Å². The Bertz CT molecular complexity index is 919. The second-order valence-electron chi connectivity index (χ2n) is 5.95. The smallest absolute Gasteiger partial charge is 0.408 e. The van der Waals surface area contributed by atoms with E-state index in [0.717, 1.165) is 12.7 Å². The fraction of sp³-hybridized carbons (Fsp3) is 0.333. The number of esters is 1. The summed E-state index contributed by atoms with van der Waals surface area (Å²) in [5, 5.41) is 12.6. The van der Waals surface area contributed by atoms with E-state index in [2.05, 4.69) is 24.8 Å². The van der Waals surface area contributed by atoms with Crippen molar-refractivity contribution >= 4 is 12.1 Å². The second-order valence-corrected chi connectivity index (χ2v) is 5.95. The van der Waals surface area contributed by atoms with Gasteiger partial charge in [-0.15, -0.1) is 0 Å². The molecule has 9 heteroatoms. The van der Waals surface area contributed by atoms with Gasteiger partial charge in [-0.2, -0.15) is 4.98 Å². The van der Waals surface area contributed by atoms with E-state index in [-0.39, 0.29) is 12.4 Å². The molecule has 0 saturated carbocycles. The van der Waals surface area contributed by atoms with Crippen LogP contribution >= 0.6 is 0 Å². The predicted octanol–water partition coefficient (Wildman–Crippen LogP) is 2.14. The van der Waals surface area contributed by atoms with Gasteiger partial charge in [-0.3, -0.25) is 0 Å². The molecule has 0 spiro atoms. The zero-order chi connectivity index (χ0) is 22.5. The largest absolute Gasteiger partial charge is 0.501 e. The minimum atomic E-state index is -2.96. The number of carbonyl (C=O) groups excluding carboxylic acids is 2. The number of benzene rings is 1. The predicted molar refractivity (Wildman–Crippen MR) is 94.4 cm³/mol. The van der Waals surface area contributed by atoms with Crippen molar-refractivity contribution in [3.05, 3.63) is 47.4 Å². The molecule has 0 aliphatic rings. The molecule has 1 aromatic carbocycles. The topological polar surface area (TPSA) is 120 Å². The summed E-state index contributed by atoms with van der Waals surface area (Å²) < 4.78 is 35.9. The van der Waals surface area contributed by atoms with Crippen molar-refractivity contribution in [2.45, 2.75) is 26.0 Å². The Morgan fingerprint density at radius 1 is 1.26 bits per heavy atom. The minimum Gasteiger partial charge on any atom is -0.501 e. The molecule has 27 heavy (non-hydrogen) atoms. The molecule has 0 aliphatic heterocycles. The van der Waals surface area contributed by atoms with Gasteiger partial charge in [0.15, 0.2) is 11.5 Å².